The maximum Gasteiger partial charge on any atom is 0.180 e. The number of rotatable bonds is 2. The number of anilines is 2. The minimum atomic E-state index is 0.646. The summed E-state index contributed by atoms with van der Waals surface area (Å²) in [7, 11) is 0. The molecule has 2 N–H and O–H groups in total. The average Bonchev–Trinajstić information content (AvgIpc) is 2.79. The van der Waals surface area contributed by atoms with Crippen molar-refractivity contribution >= 4 is 22.2 Å². The number of hydrogen-bond donors (Lipinski definition) is 1. The number of nitrogens with two attached hydrogens (primary N) is 1. The lowest BCUT2D eigenvalue weighted by Crippen LogP contribution is -2.29. The molecule has 0 spiro atoms. The Morgan fingerprint density at radius 1 is 1.11 bits per heavy atom. The van der Waals surface area contributed by atoms with Gasteiger partial charge in [-0.25, -0.2) is 4.98 Å². The van der Waals surface area contributed by atoms with Gasteiger partial charge in [-0.1, -0.05) is 23.5 Å². The lowest BCUT2D eigenvalue weighted by molar-refractivity contribution is 0.578. The second-order valence-electron chi connectivity index (χ2n) is 5.06. The van der Waals surface area contributed by atoms with Crippen molar-refractivity contribution < 1.29 is 0 Å². The van der Waals surface area contributed by atoms with Crippen LogP contribution in [-0.2, 0) is 0 Å². The molecule has 1 aromatic heterocycles. The van der Waals surface area contributed by atoms with Crippen molar-refractivity contribution in [1.82, 2.24) is 4.98 Å². The van der Waals surface area contributed by atoms with Crippen molar-refractivity contribution in [3.63, 3.8) is 0 Å². The fourth-order valence-electron chi connectivity index (χ4n) is 2.66. The molecule has 0 aliphatic carbocycles. The Labute approximate surface area is 118 Å². The molecular formula is C15H19N3S. The van der Waals surface area contributed by atoms with Gasteiger partial charge >= 0.3 is 0 Å². The summed E-state index contributed by atoms with van der Waals surface area (Å²) in [6.45, 7) is 4.39. The van der Waals surface area contributed by atoms with Gasteiger partial charge in [-0.2, -0.15) is 0 Å². The highest BCUT2D eigenvalue weighted by atomic mass is 32.1. The molecule has 19 heavy (non-hydrogen) atoms. The summed E-state index contributed by atoms with van der Waals surface area (Å²) < 4.78 is 0. The second-order valence-corrected chi connectivity index (χ2v) is 6.09. The summed E-state index contributed by atoms with van der Waals surface area (Å²) in [6.07, 6.45) is 3.99. The normalized spacial score (nSPS) is 15.7. The van der Waals surface area contributed by atoms with Crippen LogP contribution in [0, 0.1) is 6.92 Å². The first-order valence-corrected chi connectivity index (χ1v) is 7.64. The Morgan fingerprint density at radius 3 is 2.37 bits per heavy atom. The van der Waals surface area contributed by atoms with E-state index in [9.17, 15) is 0 Å². The minimum Gasteiger partial charge on any atom is -0.375 e. The fourth-order valence-corrected chi connectivity index (χ4v) is 3.50. The quantitative estimate of drug-likeness (QED) is 0.907. The standard InChI is InChI=1S/C15H19N3S/c1-11-14(19-15(16)17-11)12-5-7-13(8-6-12)18-9-3-2-4-10-18/h5-8H,2-4,9-10H2,1H3,(H2,16,17). The maximum atomic E-state index is 5.76. The van der Waals surface area contributed by atoms with E-state index < -0.39 is 0 Å². The van der Waals surface area contributed by atoms with E-state index >= 15 is 0 Å². The molecule has 0 radical (unpaired) electrons. The van der Waals surface area contributed by atoms with Crippen molar-refractivity contribution in [3.8, 4) is 10.4 Å². The molecule has 4 heteroatoms. The SMILES string of the molecule is Cc1nc(N)sc1-c1ccc(N2CCCCC2)cc1. The summed E-state index contributed by atoms with van der Waals surface area (Å²) in [5.74, 6) is 0. The van der Waals surface area contributed by atoms with Crippen molar-refractivity contribution in [1.29, 1.82) is 0 Å². The van der Waals surface area contributed by atoms with Crippen LogP contribution in [0.2, 0.25) is 0 Å². The third-order valence-corrected chi connectivity index (χ3v) is 4.70. The number of nitrogens with zero attached hydrogens (tertiary/aromatic N) is 2. The highest BCUT2D eigenvalue weighted by molar-refractivity contribution is 7.18. The highest BCUT2D eigenvalue weighted by Gasteiger charge is 2.12. The second kappa shape index (κ2) is 5.21. The van der Waals surface area contributed by atoms with Gasteiger partial charge in [0.05, 0.1) is 10.6 Å². The fraction of sp³-hybridized carbons (Fsp3) is 0.400. The molecule has 100 valence electrons. The summed E-state index contributed by atoms with van der Waals surface area (Å²) in [6, 6.07) is 8.81. The molecule has 3 nitrogen and oxygen atoms in total. The smallest absolute Gasteiger partial charge is 0.180 e. The van der Waals surface area contributed by atoms with Crippen molar-refractivity contribution in [2.45, 2.75) is 26.2 Å². The van der Waals surface area contributed by atoms with Gasteiger partial charge in [0.15, 0.2) is 5.13 Å². The van der Waals surface area contributed by atoms with E-state index in [2.05, 4.69) is 34.1 Å². The average molecular weight is 273 g/mol. The van der Waals surface area contributed by atoms with E-state index in [1.165, 1.54) is 48.5 Å². The van der Waals surface area contributed by atoms with Gasteiger partial charge in [-0.3, -0.25) is 0 Å². The molecule has 3 rings (SSSR count). The number of nitrogen functional groups attached to an aromatic ring is 1. The number of aryl methyl sites for hydroxylation is 1. The van der Waals surface area contributed by atoms with Crippen molar-refractivity contribution in [3.05, 3.63) is 30.0 Å². The van der Waals surface area contributed by atoms with Gasteiger partial charge in [-0.15, -0.1) is 0 Å². The van der Waals surface area contributed by atoms with Crippen LogP contribution in [0.15, 0.2) is 24.3 Å². The Morgan fingerprint density at radius 2 is 1.79 bits per heavy atom. The number of piperidine rings is 1. The van der Waals surface area contributed by atoms with E-state index in [1.807, 2.05) is 6.92 Å². The molecule has 1 aromatic carbocycles. The molecule has 0 amide bonds. The zero-order valence-corrected chi connectivity index (χ0v) is 12.0. The van der Waals surface area contributed by atoms with Gasteiger partial charge in [0, 0.05) is 18.8 Å². The van der Waals surface area contributed by atoms with E-state index in [4.69, 9.17) is 5.73 Å². The summed E-state index contributed by atoms with van der Waals surface area (Å²) >= 11 is 1.56. The third kappa shape index (κ3) is 2.59. The van der Waals surface area contributed by atoms with Gasteiger partial charge < -0.3 is 10.6 Å². The Balaban J connectivity index is 1.84. The first-order chi connectivity index (χ1) is 9.24. The maximum absolute atomic E-state index is 5.76. The molecule has 1 aliphatic heterocycles. The van der Waals surface area contributed by atoms with Crippen LogP contribution in [0.4, 0.5) is 10.8 Å². The van der Waals surface area contributed by atoms with Crippen LogP contribution in [0.5, 0.6) is 0 Å². The van der Waals surface area contributed by atoms with E-state index in [0.717, 1.165) is 5.69 Å². The molecule has 2 heterocycles. The summed E-state index contributed by atoms with van der Waals surface area (Å²) in [5, 5.41) is 0.646. The lowest BCUT2D eigenvalue weighted by Gasteiger charge is -2.28. The Kier molecular flexibility index (Phi) is 3.42. The Hall–Kier alpha value is -1.55. The largest absolute Gasteiger partial charge is 0.375 e. The van der Waals surface area contributed by atoms with Crippen molar-refractivity contribution in [2.75, 3.05) is 23.7 Å². The van der Waals surface area contributed by atoms with E-state index in [1.54, 1.807) is 11.3 Å². The van der Waals surface area contributed by atoms with Gasteiger partial charge in [0.2, 0.25) is 0 Å². The first-order valence-electron chi connectivity index (χ1n) is 6.82. The van der Waals surface area contributed by atoms with Gasteiger partial charge in [-0.05, 0) is 43.9 Å². The van der Waals surface area contributed by atoms with Gasteiger partial charge in [0.1, 0.15) is 0 Å². The number of thiazole rings is 1. The lowest BCUT2D eigenvalue weighted by atomic mass is 10.1. The van der Waals surface area contributed by atoms with Crippen molar-refractivity contribution in [2.24, 2.45) is 0 Å². The molecule has 1 saturated heterocycles. The predicted molar refractivity (Wildman–Crippen MR) is 82.8 cm³/mol. The van der Waals surface area contributed by atoms with E-state index in [-0.39, 0.29) is 0 Å². The molecule has 1 fully saturated rings. The third-order valence-electron chi connectivity index (χ3n) is 3.66. The predicted octanol–water partition coefficient (Wildman–Crippen LogP) is 3.69. The minimum absolute atomic E-state index is 0.646. The van der Waals surface area contributed by atoms with E-state index in [0.29, 0.717) is 5.13 Å². The first kappa shape index (κ1) is 12.5. The summed E-state index contributed by atoms with van der Waals surface area (Å²) in [4.78, 5) is 7.94. The molecule has 0 saturated carbocycles. The van der Waals surface area contributed by atoms with Crippen LogP contribution < -0.4 is 10.6 Å². The molecule has 0 atom stereocenters. The van der Waals surface area contributed by atoms with Crippen LogP contribution >= 0.6 is 11.3 Å². The van der Waals surface area contributed by atoms with Crippen LogP contribution in [-0.4, -0.2) is 18.1 Å². The number of benzene rings is 1. The van der Waals surface area contributed by atoms with Crippen LogP contribution in [0.1, 0.15) is 25.0 Å². The van der Waals surface area contributed by atoms with Crippen LogP contribution in [0.25, 0.3) is 10.4 Å². The topological polar surface area (TPSA) is 42.1 Å². The number of aromatic nitrogens is 1. The molecule has 2 aromatic rings. The van der Waals surface area contributed by atoms with Crippen LogP contribution in [0.3, 0.4) is 0 Å². The molecule has 0 bridgehead atoms. The Bertz CT molecular complexity index is 553. The number of hydrogen-bond acceptors (Lipinski definition) is 4. The molecular weight excluding hydrogens is 254 g/mol. The zero-order chi connectivity index (χ0) is 13.2. The summed E-state index contributed by atoms with van der Waals surface area (Å²) in [5.41, 5.74) is 9.33. The zero-order valence-electron chi connectivity index (χ0n) is 11.2. The monoisotopic (exact) mass is 273 g/mol. The molecule has 0 unspecified atom stereocenters. The molecule has 1 aliphatic rings. The highest BCUT2D eigenvalue weighted by Crippen LogP contribution is 2.32. The van der Waals surface area contributed by atoms with Gasteiger partial charge in [0.25, 0.3) is 0 Å².